The maximum Gasteiger partial charge on any atom is 0.252 e. The molecule has 20 heavy (non-hydrogen) atoms. The molecule has 0 saturated heterocycles. The number of hydrogen-bond acceptors (Lipinski definition) is 4. The summed E-state index contributed by atoms with van der Waals surface area (Å²) < 4.78 is 23.8. The highest BCUT2D eigenvalue weighted by atomic mass is 35.5. The maximum atomic E-state index is 12.0. The summed E-state index contributed by atoms with van der Waals surface area (Å²) in [7, 11) is -3.39. The molecule has 1 rings (SSSR count). The van der Waals surface area contributed by atoms with E-state index < -0.39 is 9.84 Å². The average molecular weight is 321 g/mol. The van der Waals surface area contributed by atoms with E-state index in [0.717, 1.165) is 12.8 Å². The molecule has 0 saturated carbocycles. The topological polar surface area (TPSA) is 89.3 Å². The highest BCUT2D eigenvalue weighted by Gasteiger charge is 2.19. The van der Waals surface area contributed by atoms with Gasteiger partial charge in [0.2, 0.25) is 0 Å². The van der Waals surface area contributed by atoms with Crippen LogP contribution in [0.25, 0.3) is 0 Å². The molecule has 0 aliphatic carbocycles. The Hall–Kier alpha value is -1.11. The zero-order chi connectivity index (χ0) is 14.3. The van der Waals surface area contributed by atoms with Gasteiger partial charge in [0.25, 0.3) is 5.91 Å². The highest BCUT2D eigenvalue weighted by molar-refractivity contribution is 7.91. The van der Waals surface area contributed by atoms with E-state index in [9.17, 15) is 13.2 Å². The summed E-state index contributed by atoms with van der Waals surface area (Å²) in [4.78, 5) is 12.1. The van der Waals surface area contributed by atoms with E-state index in [0.29, 0.717) is 13.1 Å². The second-order valence-electron chi connectivity index (χ2n) is 4.15. The van der Waals surface area contributed by atoms with E-state index in [2.05, 4.69) is 5.32 Å². The largest absolute Gasteiger partial charge is 0.352 e. The van der Waals surface area contributed by atoms with Gasteiger partial charge < -0.3 is 11.1 Å². The van der Waals surface area contributed by atoms with Gasteiger partial charge in [-0.05, 0) is 31.5 Å². The third-order valence-corrected chi connectivity index (χ3v) is 4.55. The molecule has 1 aromatic carbocycles. The molecular weight excluding hydrogens is 300 g/mol. The van der Waals surface area contributed by atoms with Crippen molar-refractivity contribution < 1.29 is 13.2 Å². The van der Waals surface area contributed by atoms with Crippen molar-refractivity contribution in [2.45, 2.75) is 24.7 Å². The lowest BCUT2D eigenvalue weighted by atomic mass is 10.2. The highest BCUT2D eigenvalue weighted by Crippen LogP contribution is 2.16. The zero-order valence-corrected chi connectivity index (χ0v) is 13.1. The van der Waals surface area contributed by atoms with E-state index >= 15 is 0 Å². The number of nitrogens with two attached hydrogens (primary N) is 1. The fourth-order valence-electron chi connectivity index (χ4n) is 1.65. The summed E-state index contributed by atoms with van der Waals surface area (Å²) in [6.07, 6.45) is 1.61. The lowest BCUT2D eigenvalue weighted by molar-refractivity contribution is 0.0949. The minimum atomic E-state index is -3.39. The van der Waals surface area contributed by atoms with Gasteiger partial charge in [-0.2, -0.15) is 0 Å². The van der Waals surface area contributed by atoms with E-state index in [1.807, 2.05) is 0 Å². The number of rotatable bonds is 7. The third kappa shape index (κ3) is 5.11. The van der Waals surface area contributed by atoms with E-state index in [-0.39, 0.29) is 34.5 Å². The first-order valence-electron chi connectivity index (χ1n) is 6.33. The molecule has 0 atom stereocenters. The van der Waals surface area contributed by atoms with Crippen molar-refractivity contribution in [1.29, 1.82) is 0 Å². The van der Waals surface area contributed by atoms with Crippen LogP contribution in [0.1, 0.15) is 30.1 Å². The van der Waals surface area contributed by atoms with Crippen LogP contribution in [0.15, 0.2) is 29.2 Å². The molecule has 0 radical (unpaired) electrons. The molecular formula is C13H21ClN2O3S. The number of benzene rings is 1. The van der Waals surface area contributed by atoms with Crippen LogP contribution in [0.2, 0.25) is 0 Å². The molecule has 1 aromatic rings. The lowest BCUT2D eigenvalue weighted by Crippen LogP contribution is -2.26. The molecule has 0 unspecified atom stereocenters. The molecule has 0 aromatic heterocycles. The number of unbranched alkanes of at least 4 members (excludes halogenated alkanes) is 1. The summed E-state index contributed by atoms with van der Waals surface area (Å²) in [5.41, 5.74) is 5.57. The summed E-state index contributed by atoms with van der Waals surface area (Å²) in [6, 6.07) is 6.27. The second kappa shape index (κ2) is 8.94. The van der Waals surface area contributed by atoms with Crippen LogP contribution in [-0.2, 0) is 9.84 Å². The number of halogens is 1. The molecule has 0 fully saturated rings. The van der Waals surface area contributed by atoms with Gasteiger partial charge in [-0.3, -0.25) is 4.79 Å². The third-order valence-electron chi connectivity index (χ3n) is 2.76. The van der Waals surface area contributed by atoms with Crippen LogP contribution in [0.3, 0.4) is 0 Å². The molecule has 5 nitrogen and oxygen atoms in total. The standard InChI is InChI=1S/C13H20N2O3S.ClH/c1-2-19(17,18)12-8-4-3-7-11(12)13(16)15-10-6-5-9-14;/h3-4,7-8H,2,5-6,9-10,14H2,1H3,(H,15,16);1H. The molecule has 0 aliphatic heterocycles. The zero-order valence-electron chi connectivity index (χ0n) is 11.5. The van der Waals surface area contributed by atoms with E-state index in [4.69, 9.17) is 5.73 Å². The Morgan fingerprint density at radius 2 is 1.90 bits per heavy atom. The van der Waals surface area contributed by atoms with Crippen molar-refractivity contribution in [2.24, 2.45) is 5.73 Å². The Balaban J connectivity index is 0.00000361. The van der Waals surface area contributed by atoms with Crippen molar-refractivity contribution >= 4 is 28.2 Å². The average Bonchev–Trinajstić information content (AvgIpc) is 2.43. The van der Waals surface area contributed by atoms with Crippen LogP contribution < -0.4 is 11.1 Å². The Kier molecular flexibility index (Phi) is 8.45. The smallest absolute Gasteiger partial charge is 0.252 e. The molecule has 1 amide bonds. The predicted octanol–water partition coefficient (Wildman–Crippen LogP) is 1.37. The Morgan fingerprint density at radius 3 is 2.50 bits per heavy atom. The van der Waals surface area contributed by atoms with Crippen molar-refractivity contribution in [2.75, 3.05) is 18.8 Å². The number of amides is 1. The SMILES string of the molecule is CCS(=O)(=O)c1ccccc1C(=O)NCCCCN.Cl. The summed E-state index contributed by atoms with van der Waals surface area (Å²) in [5, 5.41) is 2.71. The molecule has 114 valence electrons. The molecule has 0 spiro atoms. The molecule has 0 bridgehead atoms. The molecule has 0 aliphatic rings. The Labute approximate surface area is 126 Å². The quantitative estimate of drug-likeness (QED) is 0.743. The van der Waals surface area contributed by atoms with Crippen molar-refractivity contribution in [3.05, 3.63) is 29.8 Å². The van der Waals surface area contributed by atoms with Gasteiger partial charge in [0, 0.05) is 6.54 Å². The van der Waals surface area contributed by atoms with Gasteiger partial charge in [0.15, 0.2) is 9.84 Å². The Bertz CT molecular complexity index is 532. The van der Waals surface area contributed by atoms with E-state index in [1.54, 1.807) is 19.1 Å². The van der Waals surface area contributed by atoms with Crippen LogP contribution in [0, 0.1) is 0 Å². The van der Waals surface area contributed by atoms with Gasteiger partial charge in [-0.25, -0.2) is 8.42 Å². The van der Waals surface area contributed by atoms with Gasteiger partial charge in [0.05, 0.1) is 16.2 Å². The lowest BCUT2D eigenvalue weighted by Gasteiger charge is -2.09. The number of sulfone groups is 1. The first-order chi connectivity index (χ1) is 9.03. The normalized spacial score (nSPS) is 10.7. The minimum Gasteiger partial charge on any atom is -0.352 e. The molecule has 0 heterocycles. The van der Waals surface area contributed by atoms with Crippen molar-refractivity contribution in [3.63, 3.8) is 0 Å². The number of carbonyl (C=O) groups is 1. The van der Waals surface area contributed by atoms with Gasteiger partial charge >= 0.3 is 0 Å². The predicted molar refractivity (Wildman–Crippen MR) is 82.0 cm³/mol. The fraction of sp³-hybridized carbons (Fsp3) is 0.462. The van der Waals surface area contributed by atoms with Gasteiger partial charge in [-0.15, -0.1) is 12.4 Å². The molecule has 3 N–H and O–H groups in total. The maximum absolute atomic E-state index is 12.0. The Morgan fingerprint density at radius 1 is 1.25 bits per heavy atom. The fourth-order valence-corrected chi connectivity index (χ4v) is 2.74. The summed E-state index contributed by atoms with van der Waals surface area (Å²) >= 11 is 0. The van der Waals surface area contributed by atoms with Crippen molar-refractivity contribution in [3.8, 4) is 0 Å². The number of nitrogens with one attached hydrogen (secondary N) is 1. The van der Waals surface area contributed by atoms with Crippen LogP contribution >= 0.6 is 12.4 Å². The van der Waals surface area contributed by atoms with Crippen LogP contribution in [-0.4, -0.2) is 33.2 Å². The van der Waals surface area contributed by atoms with Gasteiger partial charge in [0.1, 0.15) is 0 Å². The minimum absolute atomic E-state index is 0. The number of carbonyl (C=O) groups excluding carboxylic acids is 1. The molecule has 7 heteroatoms. The van der Waals surface area contributed by atoms with Gasteiger partial charge in [-0.1, -0.05) is 19.1 Å². The van der Waals surface area contributed by atoms with Crippen LogP contribution in [0.4, 0.5) is 0 Å². The summed E-state index contributed by atoms with van der Waals surface area (Å²) in [5.74, 6) is -0.380. The van der Waals surface area contributed by atoms with Crippen molar-refractivity contribution in [1.82, 2.24) is 5.32 Å². The van der Waals surface area contributed by atoms with E-state index in [1.165, 1.54) is 12.1 Å². The monoisotopic (exact) mass is 320 g/mol. The first kappa shape index (κ1) is 18.9. The second-order valence-corrected chi connectivity index (χ2v) is 6.40. The first-order valence-corrected chi connectivity index (χ1v) is 7.98. The number of hydrogen-bond donors (Lipinski definition) is 2. The summed E-state index contributed by atoms with van der Waals surface area (Å²) in [6.45, 7) is 2.64. The van der Waals surface area contributed by atoms with Crippen LogP contribution in [0.5, 0.6) is 0 Å².